The van der Waals surface area contributed by atoms with Crippen molar-refractivity contribution in [2.75, 3.05) is 0 Å². The van der Waals surface area contributed by atoms with Crippen LogP contribution in [0.1, 0.15) is 25.7 Å². The van der Waals surface area contributed by atoms with Gasteiger partial charge in [0.2, 0.25) is 0 Å². The second-order valence-electron chi connectivity index (χ2n) is 3.46. The summed E-state index contributed by atoms with van der Waals surface area (Å²) in [5.41, 5.74) is 5.15. The van der Waals surface area contributed by atoms with Gasteiger partial charge in [0.1, 0.15) is 0 Å². The van der Waals surface area contributed by atoms with Gasteiger partial charge in [-0.25, -0.2) is 0 Å². The summed E-state index contributed by atoms with van der Waals surface area (Å²) in [5, 5.41) is 0. The van der Waals surface area contributed by atoms with Gasteiger partial charge in [-0.1, -0.05) is 12.7 Å². The van der Waals surface area contributed by atoms with E-state index in [0.29, 0.717) is 0 Å². The van der Waals surface area contributed by atoms with Gasteiger partial charge >= 0.3 is 6.98 Å². The van der Waals surface area contributed by atoms with E-state index in [-0.39, 0.29) is 6.42 Å². The summed E-state index contributed by atoms with van der Waals surface area (Å²) < 4.78 is 35.3. The molecule has 0 atom stereocenters. The highest BCUT2D eigenvalue weighted by atomic mass is 19.4. The van der Waals surface area contributed by atoms with Gasteiger partial charge in [0.15, 0.2) is 0 Å². The van der Waals surface area contributed by atoms with Crippen LogP contribution in [-0.2, 0) is 0 Å². The third-order valence-electron chi connectivity index (χ3n) is 2.32. The van der Waals surface area contributed by atoms with Crippen LogP contribution in [0.25, 0.3) is 0 Å². The maximum Gasteiger partial charge on any atom is 0.478 e. The first-order chi connectivity index (χ1) is 4.91. The van der Waals surface area contributed by atoms with Gasteiger partial charge in [-0.3, -0.25) is 0 Å². The Morgan fingerprint density at radius 3 is 2.09 bits per heavy atom. The van der Waals surface area contributed by atoms with Gasteiger partial charge in [0.25, 0.3) is 0 Å². The summed E-state index contributed by atoms with van der Waals surface area (Å²) in [4.78, 5) is 0. The SMILES string of the molecule is NC1(CC[B-](F)(F)F)CCC1. The molecule has 0 amide bonds. The number of hydrogen-bond donors (Lipinski definition) is 1. The number of rotatable bonds is 3. The Morgan fingerprint density at radius 2 is 1.82 bits per heavy atom. The summed E-state index contributed by atoms with van der Waals surface area (Å²) >= 11 is 0. The molecule has 2 N–H and O–H groups in total. The first-order valence-corrected chi connectivity index (χ1v) is 3.91. The van der Waals surface area contributed by atoms with Gasteiger partial charge in [-0.2, -0.15) is 0 Å². The van der Waals surface area contributed by atoms with Gasteiger partial charge in [-0.05, 0) is 19.3 Å². The third kappa shape index (κ3) is 2.73. The van der Waals surface area contributed by atoms with Gasteiger partial charge in [0, 0.05) is 5.54 Å². The molecule has 1 rings (SSSR count). The van der Waals surface area contributed by atoms with Crippen LogP contribution < -0.4 is 5.73 Å². The van der Waals surface area contributed by atoms with E-state index in [1.54, 1.807) is 0 Å². The smallest absolute Gasteiger partial charge is 0.449 e. The molecule has 0 spiro atoms. The van der Waals surface area contributed by atoms with Crippen LogP contribution in [0.5, 0.6) is 0 Å². The Balaban J connectivity index is 2.21. The number of hydrogen-bond acceptors (Lipinski definition) is 1. The first kappa shape index (κ1) is 8.91. The van der Waals surface area contributed by atoms with Gasteiger partial charge in [-0.15, -0.1) is 0 Å². The molecule has 1 aliphatic rings. The van der Waals surface area contributed by atoms with Crippen LogP contribution in [0, 0.1) is 0 Å². The highest BCUT2D eigenvalue weighted by Crippen LogP contribution is 2.35. The summed E-state index contributed by atoms with van der Waals surface area (Å²) in [6.45, 7) is -4.62. The van der Waals surface area contributed by atoms with Crippen LogP contribution in [0.15, 0.2) is 0 Å². The van der Waals surface area contributed by atoms with E-state index in [1.807, 2.05) is 0 Å². The molecule has 11 heavy (non-hydrogen) atoms. The second kappa shape index (κ2) is 2.70. The average molecular weight is 166 g/mol. The van der Waals surface area contributed by atoms with E-state index in [4.69, 9.17) is 5.73 Å². The minimum atomic E-state index is -4.62. The van der Waals surface area contributed by atoms with Gasteiger partial charge in [0.05, 0.1) is 0 Å². The van der Waals surface area contributed by atoms with E-state index < -0.39 is 18.8 Å². The maximum absolute atomic E-state index is 11.8. The zero-order chi connectivity index (χ0) is 8.54. The quantitative estimate of drug-likeness (QED) is 0.638. The fraction of sp³-hybridized carbons (Fsp3) is 1.00. The lowest BCUT2D eigenvalue weighted by Gasteiger charge is -2.39. The van der Waals surface area contributed by atoms with E-state index in [9.17, 15) is 12.9 Å². The molecule has 1 fully saturated rings. The molecule has 5 heteroatoms. The van der Waals surface area contributed by atoms with Crippen LogP contribution in [0.3, 0.4) is 0 Å². The fourth-order valence-electron chi connectivity index (χ4n) is 1.33. The maximum atomic E-state index is 11.8. The van der Waals surface area contributed by atoms with Gasteiger partial charge < -0.3 is 18.7 Å². The number of halogens is 3. The van der Waals surface area contributed by atoms with Crippen LogP contribution in [-0.4, -0.2) is 12.5 Å². The zero-order valence-electron chi connectivity index (χ0n) is 6.32. The molecule has 0 saturated heterocycles. The molecule has 0 aromatic rings. The summed E-state index contributed by atoms with van der Waals surface area (Å²) in [5.74, 6) is 0. The predicted octanol–water partition coefficient (Wildman–Crippen LogP) is 2.11. The normalized spacial score (nSPS) is 22.9. The van der Waals surface area contributed by atoms with E-state index >= 15 is 0 Å². The summed E-state index contributed by atoms with van der Waals surface area (Å²) in [6.07, 6.45) is 1.96. The molecule has 0 aromatic carbocycles. The van der Waals surface area contributed by atoms with E-state index in [0.717, 1.165) is 19.3 Å². The Kier molecular flexibility index (Phi) is 2.18. The molecule has 0 aliphatic heterocycles. The highest BCUT2D eigenvalue weighted by molar-refractivity contribution is 6.58. The molecule has 66 valence electrons. The minimum absolute atomic E-state index is 0.122. The molecule has 1 saturated carbocycles. The van der Waals surface area contributed by atoms with Crippen molar-refractivity contribution in [3.05, 3.63) is 0 Å². The molecular weight excluding hydrogens is 154 g/mol. The lowest BCUT2D eigenvalue weighted by atomic mass is 9.69. The highest BCUT2D eigenvalue weighted by Gasteiger charge is 2.35. The lowest BCUT2D eigenvalue weighted by Crippen LogP contribution is -2.47. The van der Waals surface area contributed by atoms with Crippen molar-refractivity contribution in [1.29, 1.82) is 0 Å². The molecule has 0 aromatic heterocycles. The Labute approximate surface area is 64.2 Å². The molecule has 0 bridgehead atoms. The molecule has 1 aliphatic carbocycles. The van der Waals surface area contributed by atoms with Crippen molar-refractivity contribution in [2.45, 2.75) is 37.5 Å². The van der Waals surface area contributed by atoms with Crippen molar-refractivity contribution in [2.24, 2.45) is 5.73 Å². The summed E-state index contributed by atoms with van der Waals surface area (Å²) in [6, 6.07) is 0. The standard InChI is InChI=1S/C6H12BF3N/c8-7(9,10)5-4-6(11)2-1-3-6/h1-5,11H2/q-1. The topological polar surface area (TPSA) is 26.0 Å². The largest absolute Gasteiger partial charge is 0.478 e. The van der Waals surface area contributed by atoms with Crippen molar-refractivity contribution < 1.29 is 12.9 Å². The monoisotopic (exact) mass is 166 g/mol. The Bertz CT molecular complexity index is 141. The van der Waals surface area contributed by atoms with E-state index in [2.05, 4.69) is 0 Å². The molecule has 1 nitrogen and oxygen atoms in total. The third-order valence-corrected chi connectivity index (χ3v) is 2.32. The number of nitrogens with two attached hydrogens (primary N) is 1. The fourth-order valence-corrected chi connectivity index (χ4v) is 1.33. The van der Waals surface area contributed by atoms with Crippen molar-refractivity contribution >= 4 is 6.98 Å². The van der Waals surface area contributed by atoms with Crippen molar-refractivity contribution in [1.82, 2.24) is 0 Å². The Morgan fingerprint density at radius 1 is 1.27 bits per heavy atom. The minimum Gasteiger partial charge on any atom is -0.449 e. The zero-order valence-corrected chi connectivity index (χ0v) is 6.32. The molecule has 0 radical (unpaired) electrons. The molecular formula is C6H12BF3N-. The van der Waals surface area contributed by atoms with Crippen LogP contribution >= 0.6 is 0 Å². The van der Waals surface area contributed by atoms with Crippen molar-refractivity contribution in [3.63, 3.8) is 0 Å². The molecule has 0 heterocycles. The Hall–Kier alpha value is -0.185. The lowest BCUT2D eigenvalue weighted by molar-refractivity contribution is 0.234. The van der Waals surface area contributed by atoms with E-state index in [1.165, 1.54) is 0 Å². The second-order valence-corrected chi connectivity index (χ2v) is 3.46. The van der Waals surface area contributed by atoms with Crippen LogP contribution in [0.2, 0.25) is 6.32 Å². The van der Waals surface area contributed by atoms with Crippen LogP contribution in [0.4, 0.5) is 12.9 Å². The molecule has 0 unspecified atom stereocenters. The summed E-state index contributed by atoms with van der Waals surface area (Å²) in [7, 11) is 0. The van der Waals surface area contributed by atoms with Crippen molar-refractivity contribution in [3.8, 4) is 0 Å². The first-order valence-electron chi connectivity index (χ1n) is 3.91. The average Bonchev–Trinajstić information content (AvgIpc) is 1.77. The predicted molar refractivity (Wildman–Crippen MR) is 39.3 cm³/mol.